The van der Waals surface area contributed by atoms with Crippen molar-refractivity contribution in [3.05, 3.63) is 89.9 Å². The lowest BCUT2D eigenvalue weighted by molar-refractivity contribution is -0.114. The molecule has 10 nitrogen and oxygen atoms in total. The molecular formula is C33H38FN7O3. The number of ether oxygens (including phenoxy) is 1. The molecule has 0 bridgehead atoms. The highest BCUT2D eigenvalue weighted by atomic mass is 19.1. The Hall–Kier alpha value is -4.77. The minimum absolute atomic E-state index is 0.0247. The predicted molar refractivity (Wildman–Crippen MR) is 170 cm³/mol. The van der Waals surface area contributed by atoms with E-state index < -0.39 is 11.7 Å². The van der Waals surface area contributed by atoms with Gasteiger partial charge in [0.15, 0.2) is 11.5 Å². The van der Waals surface area contributed by atoms with E-state index in [-0.39, 0.29) is 29.2 Å². The average molecular weight is 600 g/mol. The van der Waals surface area contributed by atoms with Crippen LogP contribution in [0.15, 0.2) is 73.2 Å². The molecule has 0 saturated carbocycles. The number of carbonyl (C=O) groups excluding carboxylic acids is 2. The number of nitrogens with one attached hydrogen (secondary N) is 4. The minimum Gasteiger partial charge on any atom is -0.473 e. The maximum absolute atomic E-state index is 13.1. The van der Waals surface area contributed by atoms with Gasteiger partial charge in [-0.2, -0.15) is 14.6 Å². The van der Waals surface area contributed by atoms with Gasteiger partial charge >= 0.3 is 0 Å². The van der Waals surface area contributed by atoms with Crippen LogP contribution in [0.2, 0.25) is 0 Å². The molecule has 0 radical (unpaired) electrons. The first-order chi connectivity index (χ1) is 21.0. The second-order valence-electron chi connectivity index (χ2n) is 12.0. The number of carbonyl (C=O) groups is 2. The van der Waals surface area contributed by atoms with E-state index >= 15 is 0 Å². The van der Waals surface area contributed by atoms with E-state index in [4.69, 9.17) is 9.72 Å². The first kappa shape index (κ1) is 30.7. The summed E-state index contributed by atoms with van der Waals surface area (Å²) in [5.41, 5.74) is 3.99. The lowest BCUT2D eigenvalue weighted by Gasteiger charge is -2.35. The number of aromatic nitrogens is 3. The first-order valence-corrected chi connectivity index (χ1v) is 14.7. The third-order valence-electron chi connectivity index (χ3n) is 7.57. The highest BCUT2D eigenvalue weighted by Gasteiger charge is 2.28. The Bertz CT molecular complexity index is 1690. The summed E-state index contributed by atoms with van der Waals surface area (Å²) >= 11 is 0. The van der Waals surface area contributed by atoms with Crippen LogP contribution in [0.4, 0.5) is 21.6 Å². The molecule has 0 unspecified atom stereocenters. The number of hydrogen-bond donors (Lipinski definition) is 4. The minimum atomic E-state index is -1.11. The monoisotopic (exact) mass is 599 g/mol. The van der Waals surface area contributed by atoms with Crippen molar-refractivity contribution in [1.29, 1.82) is 0 Å². The first-order valence-electron chi connectivity index (χ1n) is 14.7. The molecule has 11 heteroatoms. The maximum Gasteiger partial charge on any atom is 0.283 e. The Kier molecular flexibility index (Phi) is 8.96. The van der Waals surface area contributed by atoms with E-state index in [0.29, 0.717) is 23.7 Å². The van der Waals surface area contributed by atoms with Crippen LogP contribution in [-0.2, 0) is 11.3 Å². The van der Waals surface area contributed by atoms with Gasteiger partial charge in [-0.05, 0) is 68.5 Å². The van der Waals surface area contributed by atoms with Gasteiger partial charge in [0.25, 0.3) is 11.8 Å². The van der Waals surface area contributed by atoms with Gasteiger partial charge in [0.2, 0.25) is 5.88 Å². The Balaban J connectivity index is 1.30. The molecule has 1 fully saturated rings. The number of hydrogen-bond acceptors (Lipinski definition) is 7. The summed E-state index contributed by atoms with van der Waals surface area (Å²) in [7, 11) is 0. The maximum atomic E-state index is 13.1. The van der Waals surface area contributed by atoms with Gasteiger partial charge in [-0.1, -0.05) is 38.6 Å². The molecule has 1 aliphatic rings. The van der Waals surface area contributed by atoms with Crippen LogP contribution in [0.3, 0.4) is 0 Å². The van der Waals surface area contributed by atoms with Crippen molar-refractivity contribution in [2.24, 2.45) is 0 Å². The van der Waals surface area contributed by atoms with Gasteiger partial charge in [-0.3, -0.25) is 9.59 Å². The fourth-order valence-electron chi connectivity index (χ4n) is 5.02. The number of rotatable bonds is 10. The number of anilines is 3. The van der Waals surface area contributed by atoms with Crippen molar-refractivity contribution in [3.8, 4) is 5.88 Å². The molecule has 0 spiro atoms. The summed E-state index contributed by atoms with van der Waals surface area (Å²) < 4.78 is 21.2. The van der Waals surface area contributed by atoms with Crippen LogP contribution in [-0.4, -0.2) is 44.6 Å². The second-order valence-corrected chi connectivity index (χ2v) is 12.0. The highest BCUT2D eigenvalue weighted by Crippen LogP contribution is 2.28. The van der Waals surface area contributed by atoms with Gasteiger partial charge in [-0.15, -0.1) is 0 Å². The Morgan fingerprint density at radius 2 is 1.89 bits per heavy atom. The molecule has 5 rings (SSSR count). The van der Waals surface area contributed by atoms with E-state index in [1.54, 1.807) is 28.8 Å². The molecule has 4 N–H and O–H groups in total. The summed E-state index contributed by atoms with van der Waals surface area (Å²) in [5, 5.41) is 16.9. The summed E-state index contributed by atoms with van der Waals surface area (Å²) in [4.78, 5) is 29.4. The number of nitrogens with zero attached hydrogens (tertiary/aromatic N) is 3. The number of benzene rings is 2. The van der Waals surface area contributed by atoms with Crippen molar-refractivity contribution in [2.45, 2.75) is 64.6 Å². The Morgan fingerprint density at radius 1 is 1.14 bits per heavy atom. The average Bonchev–Trinajstić information content (AvgIpc) is 3.42. The molecule has 1 aliphatic heterocycles. The van der Waals surface area contributed by atoms with Gasteiger partial charge in [0.1, 0.15) is 11.9 Å². The number of halogens is 1. The van der Waals surface area contributed by atoms with Crippen molar-refractivity contribution in [3.63, 3.8) is 0 Å². The van der Waals surface area contributed by atoms with Crippen LogP contribution in [0, 0.1) is 0 Å². The van der Waals surface area contributed by atoms with Gasteiger partial charge in [0, 0.05) is 47.2 Å². The largest absolute Gasteiger partial charge is 0.473 e. The Morgan fingerprint density at radius 3 is 2.59 bits per heavy atom. The number of piperidine rings is 1. The standard InChI is InChI=1S/C33H38FN7O3/c1-20(2)27-19-37-41-28(16-29(40-30(27)41)44-26-12-13-33(4,5)36-18-26)35-17-22-8-6-10-24(14-22)39-32(43)23-9-7-11-25(15-23)38-31(42)21(3)34/h6-11,14-16,19-20,26,35-36H,3,12-13,17-18H2,1-2,4-5H3,(H,38,42)(H,39,43)/t26-/m1/s1. The van der Waals surface area contributed by atoms with Crippen LogP contribution < -0.4 is 26.0 Å². The second kappa shape index (κ2) is 12.8. The van der Waals surface area contributed by atoms with Crippen LogP contribution in [0.5, 0.6) is 5.88 Å². The zero-order chi connectivity index (χ0) is 31.4. The number of amides is 2. The van der Waals surface area contributed by atoms with Crippen molar-refractivity contribution >= 4 is 34.7 Å². The summed E-state index contributed by atoms with van der Waals surface area (Å²) in [6.07, 6.45) is 3.82. The molecule has 44 heavy (non-hydrogen) atoms. The fourth-order valence-corrected chi connectivity index (χ4v) is 5.02. The van der Waals surface area contributed by atoms with E-state index in [0.717, 1.165) is 42.0 Å². The topological polar surface area (TPSA) is 122 Å². The van der Waals surface area contributed by atoms with E-state index in [2.05, 4.69) is 60.6 Å². The van der Waals surface area contributed by atoms with Gasteiger partial charge in [-0.25, -0.2) is 4.39 Å². The lowest BCUT2D eigenvalue weighted by atomic mass is 9.92. The molecule has 1 atom stereocenters. The lowest BCUT2D eigenvalue weighted by Crippen LogP contribution is -2.50. The highest BCUT2D eigenvalue weighted by molar-refractivity contribution is 6.06. The zero-order valence-corrected chi connectivity index (χ0v) is 25.4. The molecule has 4 aromatic rings. The zero-order valence-electron chi connectivity index (χ0n) is 25.4. The SMILES string of the molecule is C=C(F)C(=O)Nc1cccc(C(=O)Nc2cccc(CNc3cc(O[C@@H]4CCC(C)(C)NC4)nc4c(C(C)C)cnn34)c2)c1. The summed E-state index contributed by atoms with van der Waals surface area (Å²) in [6, 6.07) is 15.6. The van der Waals surface area contributed by atoms with Crippen molar-refractivity contribution < 1.29 is 18.7 Å². The quantitative estimate of drug-likeness (QED) is 0.164. The van der Waals surface area contributed by atoms with E-state index in [1.165, 1.54) is 6.07 Å². The predicted octanol–water partition coefficient (Wildman–Crippen LogP) is 6.05. The molecule has 2 aromatic heterocycles. The third kappa shape index (κ3) is 7.41. The van der Waals surface area contributed by atoms with Crippen molar-refractivity contribution in [2.75, 3.05) is 22.5 Å². The Labute approximate surface area is 256 Å². The van der Waals surface area contributed by atoms with Crippen LogP contribution in [0.25, 0.3) is 5.65 Å². The molecule has 0 aliphatic carbocycles. The molecule has 2 aromatic carbocycles. The molecular weight excluding hydrogens is 561 g/mol. The summed E-state index contributed by atoms with van der Waals surface area (Å²) in [5.74, 6) is -0.921. The van der Waals surface area contributed by atoms with Gasteiger partial charge in [0.05, 0.1) is 6.20 Å². The molecule has 1 saturated heterocycles. The number of fused-ring (bicyclic) bond motifs is 1. The van der Waals surface area contributed by atoms with Crippen LogP contribution in [0.1, 0.15) is 67.9 Å². The smallest absolute Gasteiger partial charge is 0.283 e. The van der Waals surface area contributed by atoms with Gasteiger partial charge < -0.3 is 26.0 Å². The third-order valence-corrected chi connectivity index (χ3v) is 7.57. The fraction of sp³-hybridized carbons (Fsp3) is 0.333. The van der Waals surface area contributed by atoms with E-state index in [9.17, 15) is 14.0 Å². The van der Waals surface area contributed by atoms with Crippen LogP contribution >= 0.6 is 0 Å². The summed E-state index contributed by atoms with van der Waals surface area (Å²) in [6.45, 7) is 12.8. The molecule has 3 heterocycles. The van der Waals surface area contributed by atoms with E-state index in [1.807, 2.05) is 30.5 Å². The normalized spacial score (nSPS) is 16.0. The van der Waals surface area contributed by atoms with Crippen molar-refractivity contribution in [1.82, 2.24) is 19.9 Å². The molecule has 230 valence electrons. The molecule has 2 amide bonds.